The van der Waals surface area contributed by atoms with Gasteiger partial charge in [0.05, 0.1) is 17.3 Å². The topological polar surface area (TPSA) is 94.6 Å². The van der Waals surface area contributed by atoms with Gasteiger partial charge in [-0.15, -0.1) is 0 Å². The highest BCUT2D eigenvalue weighted by atomic mass is 16.7. The van der Waals surface area contributed by atoms with E-state index in [4.69, 9.17) is 25.2 Å². The molecule has 2 aromatic carbocycles. The zero-order chi connectivity index (χ0) is 16.6. The maximum atomic E-state index is 12.2. The van der Waals surface area contributed by atoms with E-state index in [2.05, 4.69) is 0 Å². The fourth-order valence-electron chi connectivity index (χ4n) is 2.27. The van der Waals surface area contributed by atoms with Crippen molar-refractivity contribution in [2.24, 2.45) is 0 Å². The number of nitrogens with zero attached hydrogens (tertiary/aromatic N) is 1. The first-order valence-electron chi connectivity index (χ1n) is 6.92. The number of benzene rings is 2. The number of carbonyl (C=O) groups is 1. The van der Waals surface area contributed by atoms with Crippen molar-refractivity contribution in [1.82, 2.24) is 0 Å². The Morgan fingerprint density at radius 1 is 1.17 bits per heavy atom. The third kappa shape index (κ3) is 2.77. The van der Waals surface area contributed by atoms with Crippen molar-refractivity contribution in [3.8, 4) is 23.3 Å². The van der Waals surface area contributed by atoms with Gasteiger partial charge < -0.3 is 19.9 Å². The Bertz CT molecular complexity index is 837. The van der Waals surface area contributed by atoms with E-state index >= 15 is 0 Å². The number of hydrogen-bond acceptors (Lipinski definition) is 6. The molecular weight excluding hydrogens is 296 g/mol. The van der Waals surface area contributed by atoms with Crippen LogP contribution in [0.3, 0.4) is 0 Å². The van der Waals surface area contributed by atoms with Crippen LogP contribution in [0.25, 0.3) is 0 Å². The van der Waals surface area contributed by atoms with Gasteiger partial charge >= 0.3 is 5.97 Å². The Morgan fingerprint density at radius 3 is 2.65 bits per heavy atom. The van der Waals surface area contributed by atoms with Gasteiger partial charge in [-0.25, -0.2) is 4.79 Å². The summed E-state index contributed by atoms with van der Waals surface area (Å²) < 4.78 is 16.6. The third-order valence-electron chi connectivity index (χ3n) is 3.25. The first-order chi connectivity index (χ1) is 10.9. The summed E-state index contributed by atoms with van der Waals surface area (Å²) in [6.07, 6.45) is 0. The molecule has 0 unspecified atom stereocenters. The minimum atomic E-state index is -1.03. The van der Waals surface area contributed by atoms with E-state index in [0.717, 1.165) is 0 Å². The molecule has 1 aliphatic heterocycles. The molecule has 23 heavy (non-hydrogen) atoms. The van der Waals surface area contributed by atoms with E-state index in [9.17, 15) is 4.79 Å². The van der Waals surface area contributed by atoms with Crippen LogP contribution in [0, 0.1) is 11.3 Å². The number of carbonyl (C=O) groups excluding carboxylic acids is 1. The van der Waals surface area contributed by atoms with Crippen molar-refractivity contribution >= 4 is 11.7 Å². The molecule has 0 spiro atoms. The van der Waals surface area contributed by atoms with Crippen LogP contribution in [0.15, 0.2) is 36.4 Å². The van der Waals surface area contributed by atoms with Crippen LogP contribution in [0.5, 0.6) is 17.2 Å². The fourth-order valence-corrected chi connectivity index (χ4v) is 2.27. The Labute approximate surface area is 133 Å². The predicted molar refractivity (Wildman–Crippen MR) is 82.2 cm³/mol. The predicted octanol–water partition coefficient (Wildman–Crippen LogP) is 3.22. The Balaban J connectivity index is 2.00. The molecule has 0 fully saturated rings. The number of ether oxygens (including phenoxy) is 3. The molecule has 1 aliphatic rings. The molecule has 0 amide bonds. The van der Waals surface area contributed by atoms with Crippen LogP contribution in [0.4, 0.5) is 5.69 Å². The average Bonchev–Trinajstić information content (AvgIpc) is 2.47. The van der Waals surface area contributed by atoms with Gasteiger partial charge in [0.15, 0.2) is 0 Å². The molecule has 0 saturated carbocycles. The summed E-state index contributed by atoms with van der Waals surface area (Å²) in [6, 6.07) is 11.7. The second-order valence-corrected chi connectivity index (χ2v) is 5.49. The lowest BCUT2D eigenvalue weighted by atomic mass is 10.1. The number of cyclic esters (lactones) is 1. The summed E-state index contributed by atoms with van der Waals surface area (Å²) in [7, 11) is 0. The van der Waals surface area contributed by atoms with Crippen LogP contribution >= 0.6 is 0 Å². The third-order valence-corrected chi connectivity index (χ3v) is 3.25. The number of anilines is 1. The first-order valence-corrected chi connectivity index (χ1v) is 6.92. The van der Waals surface area contributed by atoms with Gasteiger partial charge in [0, 0.05) is 13.8 Å². The number of rotatable bonds is 2. The average molecular weight is 310 g/mol. The lowest BCUT2D eigenvalue weighted by molar-refractivity contribution is -0.127. The lowest BCUT2D eigenvalue weighted by Crippen LogP contribution is -2.38. The largest absolute Gasteiger partial charge is 0.454 e. The monoisotopic (exact) mass is 310 g/mol. The Morgan fingerprint density at radius 2 is 1.96 bits per heavy atom. The van der Waals surface area contributed by atoms with Crippen molar-refractivity contribution in [2.75, 3.05) is 5.73 Å². The Hall–Kier alpha value is -3.20. The maximum Gasteiger partial charge on any atom is 0.349 e. The minimum absolute atomic E-state index is 0.204. The first kappa shape index (κ1) is 14.7. The van der Waals surface area contributed by atoms with Gasteiger partial charge in [0.2, 0.25) is 5.79 Å². The number of fused-ring (bicyclic) bond motifs is 1. The molecule has 0 aromatic heterocycles. The van der Waals surface area contributed by atoms with Crippen LogP contribution in [-0.2, 0) is 4.74 Å². The van der Waals surface area contributed by atoms with Crippen LogP contribution in [0.1, 0.15) is 29.8 Å². The van der Waals surface area contributed by atoms with Gasteiger partial charge in [0.25, 0.3) is 0 Å². The van der Waals surface area contributed by atoms with Crippen LogP contribution in [-0.4, -0.2) is 11.8 Å². The van der Waals surface area contributed by atoms with Crippen molar-refractivity contribution in [1.29, 1.82) is 5.26 Å². The number of nitrogen functional groups attached to an aromatic ring is 1. The van der Waals surface area contributed by atoms with Crippen LogP contribution in [0.2, 0.25) is 0 Å². The van der Waals surface area contributed by atoms with E-state index in [1.165, 1.54) is 6.07 Å². The second-order valence-electron chi connectivity index (χ2n) is 5.49. The molecule has 0 atom stereocenters. The van der Waals surface area contributed by atoms with Gasteiger partial charge in [-0.2, -0.15) is 5.26 Å². The molecule has 2 N–H and O–H groups in total. The Kier molecular flexibility index (Phi) is 3.34. The molecule has 116 valence electrons. The van der Waals surface area contributed by atoms with Gasteiger partial charge in [-0.05, 0) is 30.3 Å². The number of nitriles is 1. The van der Waals surface area contributed by atoms with E-state index in [0.29, 0.717) is 22.7 Å². The fraction of sp³-hybridized carbons (Fsp3) is 0.176. The molecule has 6 nitrogen and oxygen atoms in total. The highest BCUT2D eigenvalue weighted by Gasteiger charge is 2.36. The molecule has 3 rings (SSSR count). The summed E-state index contributed by atoms with van der Waals surface area (Å²) >= 11 is 0. The highest BCUT2D eigenvalue weighted by Crippen LogP contribution is 2.39. The van der Waals surface area contributed by atoms with Gasteiger partial charge in [0.1, 0.15) is 22.8 Å². The van der Waals surface area contributed by atoms with E-state index < -0.39 is 11.8 Å². The normalized spacial score (nSPS) is 14.9. The summed E-state index contributed by atoms with van der Waals surface area (Å²) in [5.41, 5.74) is 6.80. The molecule has 2 aromatic rings. The van der Waals surface area contributed by atoms with E-state index in [1.54, 1.807) is 44.2 Å². The zero-order valence-electron chi connectivity index (χ0n) is 12.6. The molecule has 1 heterocycles. The highest BCUT2D eigenvalue weighted by molar-refractivity contribution is 5.96. The smallest absolute Gasteiger partial charge is 0.349 e. The summed E-state index contributed by atoms with van der Waals surface area (Å²) in [5.74, 6) is -0.555. The number of hydrogen-bond donors (Lipinski definition) is 1. The summed E-state index contributed by atoms with van der Waals surface area (Å²) in [4.78, 5) is 12.2. The van der Waals surface area contributed by atoms with Gasteiger partial charge in [-0.1, -0.05) is 6.07 Å². The summed E-state index contributed by atoms with van der Waals surface area (Å²) in [6.45, 7) is 3.31. The second kappa shape index (κ2) is 5.21. The standard InChI is InChI=1S/C17H14N2O4/c1-17(2)22-14-5-3-4-13(15(14)16(20)23-17)21-12-7-6-10(9-18)8-11(12)19/h3-8H,19H2,1-2H3. The molecule has 0 bridgehead atoms. The minimum Gasteiger partial charge on any atom is -0.454 e. The lowest BCUT2D eigenvalue weighted by Gasteiger charge is -2.32. The number of esters is 1. The SMILES string of the molecule is CC1(C)OC(=O)c2c(Oc3ccc(C#N)cc3N)cccc2O1. The zero-order valence-corrected chi connectivity index (χ0v) is 12.6. The molecule has 0 aliphatic carbocycles. The van der Waals surface area contributed by atoms with Crippen molar-refractivity contribution in [2.45, 2.75) is 19.6 Å². The number of nitrogens with two attached hydrogens (primary N) is 1. The maximum absolute atomic E-state index is 12.2. The molecule has 6 heteroatoms. The quantitative estimate of drug-likeness (QED) is 0.676. The molecule has 0 radical (unpaired) electrons. The van der Waals surface area contributed by atoms with Crippen molar-refractivity contribution in [3.05, 3.63) is 47.5 Å². The van der Waals surface area contributed by atoms with E-state index in [1.807, 2.05) is 6.07 Å². The summed E-state index contributed by atoms with van der Waals surface area (Å²) in [5, 5.41) is 8.86. The van der Waals surface area contributed by atoms with Gasteiger partial charge in [-0.3, -0.25) is 0 Å². The van der Waals surface area contributed by atoms with Crippen molar-refractivity contribution < 1.29 is 19.0 Å². The molecule has 0 saturated heterocycles. The van der Waals surface area contributed by atoms with E-state index in [-0.39, 0.29) is 11.3 Å². The molecular formula is C17H14N2O4. The van der Waals surface area contributed by atoms with Crippen LogP contribution < -0.4 is 15.2 Å². The van der Waals surface area contributed by atoms with Crippen molar-refractivity contribution in [3.63, 3.8) is 0 Å².